The number of nitrogens with zero attached hydrogens (tertiary/aromatic N) is 2. The van der Waals surface area contributed by atoms with Crippen LogP contribution in [0.2, 0.25) is 0 Å². The predicted molar refractivity (Wildman–Crippen MR) is 86.7 cm³/mol. The third-order valence-corrected chi connectivity index (χ3v) is 5.94. The van der Waals surface area contributed by atoms with E-state index in [1.165, 1.54) is 22.5 Å². The topological polar surface area (TPSA) is 57.7 Å². The molecule has 1 heterocycles. The molecule has 9 heteroatoms. The van der Waals surface area contributed by atoms with Crippen LogP contribution in [0.15, 0.2) is 29.2 Å². The van der Waals surface area contributed by atoms with Crippen molar-refractivity contribution in [3.63, 3.8) is 0 Å². The molecule has 1 aliphatic heterocycles. The zero-order chi connectivity index (χ0) is 18.7. The minimum atomic E-state index is -4.51. The number of rotatable bonds is 4. The van der Waals surface area contributed by atoms with E-state index in [1.54, 1.807) is 0 Å². The summed E-state index contributed by atoms with van der Waals surface area (Å²) >= 11 is 0. The Bertz CT molecular complexity index is 712. The smallest absolute Gasteiger partial charge is 0.333 e. The molecule has 0 bridgehead atoms. The van der Waals surface area contributed by atoms with E-state index in [1.807, 2.05) is 0 Å². The van der Waals surface area contributed by atoms with Gasteiger partial charge in [-0.15, -0.1) is 0 Å². The van der Waals surface area contributed by atoms with Gasteiger partial charge in [0.25, 0.3) is 5.91 Å². The van der Waals surface area contributed by atoms with E-state index in [4.69, 9.17) is 0 Å². The van der Waals surface area contributed by atoms with Crippen LogP contribution in [0.5, 0.6) is 0 Å². The molecule has 1 aromatic carbocycles. The molecule has 1 saturated heterocycles. The van der Waals surface area contributed by atoms with Crippen molar-refractivity contribution < 1.29 is 26.4 Å². The van der Waals surface area contributed by atoms with Gasteiger partial charge in [0.05, 0.1) is 4.90 Å². The lowest BCUT2D eigenvalue weighted by Gasteiger charge is -2.21. The van der Waals surface area contributed by atoms with Gasteiger partial charge in [-0.2, -0.15) is 17.5 Å². The van der Waals surface area contributed by atoms with Crippen LogP contribution < -0.4 is 0 Å². The number of carbonyl (C=O) groups is 1. The van der Waals surface area contributed by atoms with Crippen LogP contribution in [0.3, 0.4) is 0 Å². The molecule has 0 N–H and O–H groups in total. The lowest BCUT2D eigenvalue weighted by atomic mass is 10.2. The van der Waals surface area contributed by atoms with E-state index in [0.29, 0.717) is 18.0 Å². The van der Waals surface area contributed by atoms with Gasteiger partial charge < -0.3 is 4.90 Å². The van der Waals surface area contributed by atoms with Crippen LogP contribution in [0.25, 0.3) is 0 Å². The molecule has 0 radical (unpaired) electrons. The summed E-state index contributed by atoms with van der Waals surface area (Å²) in [4.78, 5) is 12.6. The molecule has 0 atom stereocenters. The van der Waals surface area contributed by atoms with Crippen molar-refractivity contribution >= 4 is 15.9 Å². The summed E-state index contributed by atoms with van der Waals surface area (Å²) in [6.45, 7) is -0.572. The Morgan fingerprint density at radius 2 is 1.76 bits per heavy atom. The molecule has 0 spiro atoms. The quantitative estimate of drug-likeness (QED) is 0.810. The third kappa shape index (κ3) is 5.18. The average Bonchev–Trinajstić information content (AvgIpc) is 2.82. The average molecular weight is 378 g/mol. The van der Waals surface area contributed by atoms with Crippen molar-refractivity contribution in [1.29, 1.82) is 0 Å². The summed E-state index contributed by atoms with van der Waals surface area (Å²) in [5.74, 6) is -0.870. The minimum Gasteiger partial charge on any atom is -0.333 e. The second-order valence-electron chi connectivity index (χ2n) is 6.12. The molecule has 0 aliphatic carbocycles. The first-order chi connectivity index (χ1) is 11.6. The second-order valence-corrected chi connectivity index (χ2v) is 8.06. The highest BCUT2D eigenvalue weighted by Gasteiger charge is 2.32. The van der Waals surface area contributed by atoms with Crippen molar-refractivity contribution in [3.05, 3.63) is 29.8 Å². The number of sulfonamides is 1. The zero-order valence-corrected chi connectivity index (χ0v) is 14.7. The standard InChI is InChI=1S/C16H21F3N2O3S/c1-20(12-16(17,18)19)15(22)13-7-6-8-14(11-13)25(23,24)21-9-4-2-3-5-10-21/h6-8,11H,2-5,9-10,12H2,1H3. The fourth-order valence-corrected chi connectivity index (χ4v) is 4.35. The Hall–Kier alpha value is -1.61. The van der Waals surface area contributed by atoms with Crippen molar-refractivity contribution in [2.45, 2.75) is 36.8 Å². The lowest BCUT2D eigenvalue weighted by molar-refractivity contribution is -0.138. The maximum atomic E-state index is 12.7. The molecular formula is C16H21F3N2O3S. The van der Waals surface area contributed by atoms with Gasteiger partial charge in [-0.1, -0.05) is 18.9 Å². The predicted octanol–water partition coefficient (Wildman–Crippen LogP) is 2.89. The third-order valence-electron chi connectivity index (χ3n) is 4.05. The Kier molecular flexibility index (Phi) is 6.10. The molecule has 1 aromatic rings. The van der Waals surface area contributed by atoms with E-state index in [2.05, 4.69) is 0 Å². The molecule has 0 unspecified atom stereocenters. The first-order valence-electron chi connectivity index (χ1n) is 8.04. The van der Waals surface area contributed by atoms with Gasteiger partial charge in [-0.25, -0.2) is 8.42 Å². The van der Waals surface area contributed by atoms with Gasteiger partial charge in [0.15, 0.2) is 0 Å². The van der Waals surface area contributed by atoms with E-state index in [9.17, 15) is 26.4 Å². The van der Waals surface area contributed by atoms with E-state index in [0.717, 1.165) is 38.8 Å². The number of halogens is 3. The number of hydrogen-bond acceptors (Lipinski definition) is 3. The monoisotopic (exact) mass is 378 g/mol. The van der Waals surface area contributed by atoms with Gasteiger partial charge in [-0.3, -0.25) is 4.79 Å². The lowest BCUT2D eigenvalue weighted by Crippen LogP contribution is -2.36. The van der Waals surface area contributed by atoms with E-state index < -0.39 is 28.7 Å². The normalized spacial score (nSPS) is 17.1. The van der Waals surface area contributed by atoms with Crippen LogP contribution in [0.1, 0.15) is 36.0 Å². The van der Waals surface area contributed by atoms with Gasteiger partial charge in [-0.05, 0) is 31.0 Å². The fourth-order valence-electron chi connectivity index (χ4n) is 2.78. The maximum Gasteiger partial charge on any atom is 0.406 e. The van der Waals surface area contributed by atoms with Crippen LogP contribution in [0.4, 0.5) is 13.2 Å². The molecule has 5 nitrogen and oxygen atoms in total. The summed E-state index contributed by atoms with van der Waals surface area (Å²) < 4.78 is 64.2. The molecule has 1 aliphatic rings. The molecule has 25 heavy (non-hydrogen) atoms. The SMILES string of the molecule is CN(CC(F)(F)F)C(=O)c1cccc(S(=O)(=O)N2CCCCCC2)c1. The van der Waals surface area contributed by atoms with Crippen LogP contribution in [-0.4, -0.2) is 56.4 Å². The molecule has 1 amide bonds. The van der Waals surface area contributed by atoms with E-state index in [-0.39, 0.29) is 10.5 Å². The Labute approximate surface area is 145 Å². The van der Waals surface area contributed by atoms with Crippen molar-refractivity contribution in [1.82, 2.24) is 9.21 Å². The summed E-state index contributed by atoms with van der Waals surface area (Å²) in [5.41, 5.74) is -0.0809. The first kappa shape index (κ1) is 19.7. The summed E-state index contributed by atoms with van der Waals surface area (Å²) in [7, 11) is -2.73. The molecule has 140 valence electrons. The number of benzene rings is 1. The van der Waals surface area contributed by atoms with Crippen molar-refractivity contribution in [3.8, 4) is 0 Å². The zero-order valence-electron chi connectivity index (χ0n) is 13.9. The first-order valence-corrected chi connectivity index (χ1v) is 9.48. The number of carbonyl (C=O) groups excluding carboxylic acids is 1. The van der Waals surface area contributed by atoms with Crippen LogP contribution >= 0.6 is 0 Å². The van der Waals surface area contributed by atoms with Gasteiger partial charge >= 0.3 is 6.18 Å². The van der Waals surface area contributed by atoms with Crippen LogP contribution in [0, 0.1) is 0 Å². The molecular weight excluding hydrogens is 357 g/mol. The summed E-state index contributed by atoms with van der Waals surface area (Å²) in [5, 5.41) is 0. The highest BCUT2D eigenvalue weighted by Crippen LogP contribution is 2.22. The van der Waals surface area contributed by atoms with Gasteiger partial charge in [0, 0.05) is 25.7 Å². The molecule has 0 saturated carbocycles. The maximum absolute atomic E-state index is 12.7. The number of alkyl halides is 3. The second kappa shape index (κ2) is 7.74. The molecule has 0 aromatic heterocycles. The summed E-state index contributed by atoms with van der Waals surface area (Å²) in [6, 6.07) is 5.20. The largest absolute Gasteiger partial charge is 0.406 e. The van der Waals surface area contributed by atoms with Crippen molar-refractivity contribution in [2.24, 2.45) is 0 Å². The van der Waals surface area contributed by atoms with Gasteiger partial charge in [0.2, 0.25) is 10.0 Å². The highest BCUT2D eigenvalue weighted by molar-refractivity contribution is 7.89. The number of hydrogen-bond donors (Lipinski definition) is 0. The molecule has 1 fully saturated rings. The van der Waals surface area contributed by atoms with Crippen molar-refractivity contribution in [2.75, 3.05) is 26.7 Å². The highest BCUT2D eigenvalue weighted by atomic mass is 32.2. The Morgan fingerprint density at radius 3 is 2.32 bits per heavy atom. The number of amides is 1. The van der Waals surface area contributed by atoms with E-state index >= 15 is 0 Å². The molecule has 2 rings (SSSR count). The minimum absolute atomic E-state index is 0.0688. The van der Waals surface area contributed by atoms with Gasteiger partial charge in [0.1, 0.15) is 6.54 Å². The van der Waals surface area contributed by atoms with Crippen LogP contribution in [-0.2, 0) is 10.0 Å². The fraction of sp³-hybridized carbons (Fsp3) is 0.562. The Morgan fingerprint density at radius 1 is 1.16 bits per heavy atom. The Balaban J connectivity index is 2.24. The summed E-state index contributed by atoms with van der Waals surface area (Å²) in [6.07, 6.45) is -1.04.